The number of ether oxygens (including phenoxy) is 1. The maximum atomic E-state index is 6.08. The van der Waals surface area contributed by atoms with Gasteiger partial charge in [-0.25, -0.2) is 0 Å². The Labute approximate surface area is 157 Å². The van der Waals surface area contributed by atoms with E-state index in [1.54, 1.807) is 0 Å². The van der Waals surface area contributed by atoms with Crippen LogP contribution < -0.4 is 4.74 Å². The number of hydrogen-bond acceptors (Lipinski definition) is 2. The summed E-state index contributed by atoms with van der Waals surface area (Å²) in [4.78, 5) is 2.14. The molecule has 0 unspecified atom stereocenters. The highest BCUT2D eigenvalue weighted by Gasteiger charge is 2.08. The minimum atomic E-state index is 0.701. The highest BCUT2D eigenvalue weighted by molar-refractivity contribution is 5.42. The number of rotatable bonds is 8. The molecule has 0 aliphatic heterocycles. The van der Waals surface area contributed by atoms with Gasteiger partial charge in [0.2, 0.25) is 0 Å². The van der Waals surface area contributed by atoms with Gasteiger partial charge in [0.25, 0.3) is 0 Å². The van der Waals surface area contributed by atoms with E-state index >= 15 is 0 Å². The monoisotopic (exact) mass is 345 g/mol. The van der Waals surface area contributed by atoms with Crippen LogP contribution in [0, 0.1) is 0 Å². The van der Waals surface area contributed by atoms with Gasteiger partial charge in [-0.2, -0.15) is 0 Å². The van der Waals surface area contributed by atoms with E-state index in [-0.39, 0.29) is 0 Å². The Hall–Kier alpha value is -2.58. The molecule has 0 aliphatic rings. The highest BCUT2D eigenvalue weighted by Crippen LogP contribution is 2.25. The molecule has 0 radical (unpaired) electrons. The fraction of sp³-hybridized carbons (Fsp3) is 0.250. The first-order valence-electron chi connectivity index (χ1n) is 9.18. The standard InChI is InChI=1S/C24H27NO/c1-25(2)15-16-26-24-14-13-22(17-20-9-5-3-6-10-20)19-23(24)18-21-11-7-4-8-12-21/h3-14,19H,15-18H2,1-2H3. The van der Waals surface area contributed by atoms with Gasteiger partial charge in [-0.3, -0.25) is 0 Å². The van der Waals surface area contributed by atoms with E-state index < -0.39 is 0 Å². The Balaban J connectivity index is 1.81. The molecule has 0 fully saturated rings. The van der Waals surface area contributed by atoms with E-state index in [2.05, 4.69) is 97.9 Å². The van der Waals surface area contributed by atoms with Crippen molar-refractivity contribution >= 4 is 0 Å². The summed E-state index contributed by atoms with van der Waals surface area (Å²) >= 11 is 0. The topological polar surface area (TPSA) is 12.5 Å². The second-order valence-corrected chi connectivity index (χ2v) is 6.92. The number of hydrogen-bond donors (Lipinski definition) is 0. The number of nitrogens with zero attached hydrogens (tertiary/aromatic N) is 1. The summed E-state index contributed by atoms with van der Waals surface area (Å²) in [5, 5.41) is 0. The van der Waals surface area contributed by atoms with Gasteiger partial charge >= 0.3 is 0 Å². The predicted molar refractivity (Wildman–Crippen MR) is 109 cm³/mol. The number of benzene rings is 3. The molecule has 3 aromatic carbocycles. The molecule has 134 valence electrons. The fourth-order valence-corrected chi connectivity index (χ4v) is 3.01. The minimum Gasteiger partial charge on any atom is -0.492 e. The van der Waals surface area contributed by atoms with Gasteiger partial charge in [-0.1, -0.05) is 72.8 Å². The van der Waals surface area contributed by atoms with Crippen molar-refractivity contribution in [1.82, 2.24) is 4.90 Å². The molecule has 0 aliphatic carbocycles. The Morgan fingerprint density at radius 2 is 1.31 bits per heavy atom. The Kier molecular flexibility index (Phi) is 6.45. The normalized spacial score (nSPS) is 10.9. The zero-order valence-corrected chi connectivity index (χ0v) is 15.7. The first kappa shape index (κ1) is 18.2. The van der Waals surface area contributed by atoms with Crippen molar-refractivity contribution in [2.45, 2.75) is 12.8 Å². The fourth-order valence-electron chi connectivity index (χ4n) is 3.01. The summed E-state index contributed by atoms with van der Waals surface area (Å²) in [7, 11) is 4.13. The summed E-state index contributed by atoms with van der Waals surface area (Å²) in [6, 6.07) is 27.8. The van der Waals surface area contributed by atoms with Crippen molar-refractivity contribution in [3.05, 3.63) is 101 Å². The van der Waals surface area contributed by atoms with Gasteiger partial charge in [-0.05, 0) is 48.8 Å². The maximum Gasteiger partial charge on any atom is 0.122 e. The van der Waals surface area contributed by atoms with Crippen molar-refractivity contribution in [2.24, 2.45) is 0 Å². The van der Waals surface area contributed by atoms with Gasteiger partial charge < -0.3 is 9.64 Å². The van der Waals surface area contributed by atoms with Gasteiger partial charge in [0, 0.05) is 13.0 Å². The lowest BCUT2D eigenvalue weighted by molar-refractivity contribution is 0.259. The molecule has 3 rings (SSSR count). The molecule has 0 atom stereocenters. The lowest BCUT2D eigenvalue weighted by atomic mass is 9.98. The predicted octanol–water partition coefficient (Wildman–Crippen LogP) is 4.81. The van der Waals surface area contributed by atoms with Crippen LogP contribution in [0.3, 0.4) is 0 Å². The molecule has 0 amide bonds. The molecule has 0 saturated heterocycles. The van der Waals surface area contributed by atoms with Crippen molar-refractivity contribution in [3.63, 3.8) is 0 Å². The first-order valence-corrected chi connectivity index (χ1v) is 9.18. The zero-order valence-electron chi connectivity index (χ0n) is 15.7. The van der Waals surface area contributed by atoms with Crippen LogP contribution >= 0.6 is 0 Å². The molecule has 0 saturated carbocycles. The van der Waals surface area contributed by atoms with Crippen molar-refractivity contribution in [1.29, 1.82) is 0 Å². The SMILES string of the molecule is CN(C)CCOc1ccc(Cc2ccccc2)cc1Cc1ccccc1. The molecule has 0 aromatic heterocycles. The van der Waals surface area contributed by atoms with Crippen molar-refractivity contribution in [2.75, 3.05) is 27.2 Å². The van der Waals surface area contributed by atoms with Crippen LogP contribution in [0.5, 0.6) is 5.75 Å². The first-order chi connectivity index (χ1) is 12.7. The highest BCUT2D eigenvalue weighted by atomic mass is 16.5. The molecule has 0 heterocycles. The lowest BCUT2D eigenvalue weighted by Gasteiger charge is -2.15. The van der Waals surface area contributed by atoms with Crippen LogP contribution in [0.4, 0.5) is 0 Å². The number of likely N-dealkylation sites (N-methyl/N-ethyl adjacent to an activating group) is 1. The average molecular weight is 345 g/mol. The van der Waals surface area contributed by atoms with Crippen molar-refractivity contribution in [3.8, 4) is 5.75 Å². The van der Waals surface area contributed by atoms with Gasteiger partial charge in [0.1, 0.15) is 12.4 Å². The average Bonchev–Trinajstić information content (AvgIpc) is 2.65. The third-order valence-electron chi connectivity index (χ3n) is 4.41. The van der Waals surface area contributed by atoms with E-state index in [0.29, 0.717) is 6.61 Å². The maximum absolute atomic E-state index is 6.08. The van der Waals surface area contributed by atoms with Crippen molar-refractivity contribution < 1.29 is 4.74 Å². The van der Waals surface area contributed by atoms with E-state index in [4.69, 9.17) is 4.74 Å². The van der Waals surface area contributed by atoms with Crippen LogP contribution in [0.25, 0.3) is 0 Å². The molecule has 2 heteroatoms. The third kappa shape index (κ3) is 5.47. The van der Waals surface area contributed by atoms with E-state index in [1.165, 1.54) is 22.3 Å². The summed E-state index contributed by atoms with van der Waals surface area (Å²) in [6.07, 6.45) is 1.83. The second-order valence-electron chi connectivity index (χ2n) is 6.92. The van der Waals surface area contributed by atoms with Crippen LogP contribution in [0.2, 0.25) is 0 Å². The molecule has 26 heavy (non-hydrogen) atoms. The lowest BCUT2D eigenvalue weighted by Crippen LogP contribution is -2.19. The molecule has 0 N–H and O–H groups in total. The molecule has 2 nitrogen and oxygen atoms in total. The van der Waals surface area contributed by atoms with E-state index in [0.717, 1.165) is 25.1 Å². The minimum absolute atomic E-state index is 0.701. The molecule has 0 spiro atoms. The summed E-state index contributed by atoms with van der Waals surface area (Å²) < 4.78 is 6.08. The Bertz CT molecular complexity index is 797. The molecular formula is C24H27NO. The van der Waals surface area contributed by atoms with Crippen LogP contribution in [0.1, 0.15) is 22.3 Å². The molecule has 0 bridgehead atoms. The van der Waals surface area contributed by atoms with Gasteiger partial charge in [0.15, 0.2) is 0 Å². The van der Waals surface area contributed by atoms with Gasteiger partial charge in [-0.15, -0.1) is 0 Å². The molecule has 3 aromatic rings. The second kappa shape index (κ2) is 9.21. The molecular weight excluding hydrogens is 318 g/mol. The van der Waals surface area contributed by atoms with Gasteiger partial charge in [0.05, 0.1) is 0 Å². The summed E-state index contributed by atoms with van der Waals surface area (Å²) in [6.45, 7) is 1.61. The smallest absolute Gasteiger partial charge is 0.122 e. The largest absolute Gasteiger partial charge is 0.492 e. The van der Waals surface area contributed by atoms with Crippen LogP contribution in [-0.4, -0.2) is 32.1 Å². The van der Waals surface area contributed by atoms with Crippen LogP contribution in [-0.2, 0) is 12.8 Å². The van der Waals surface area contributed by atoms with E-state index in [9.17, 15) is 0 Å². The third-order valence-corrected chi connectivity index (χ3v) is 4.41. The Morgan fingerprint density at radius 1 is 0.692 bits per heavy atom. The zero-order chi connectivity index (χ0) is 18.2. The Morgan fingerprint density at radius 3 is 1.92 bits per heavy atom. The quantitative estimate of drug-likeness (QED) is 0.581. The van der Waals surface area contributed by atoms with E-state index in [1.807, 2.05) is 0 Å². The summed E-state index contributed by atoms with van der Waals surface area (Å²) in [5.41, 5.74) is 5.21. The van der Waals surface area contributed by atoms with Crippen LogP contribution in [0.15, 0.2) is 78.9 Å². The summed E-state index contributed by atoms with van der Waals surface area (Å²) in [5.74, 6) is 0.993.